The number of benzene rings is 2. The Hall–Kier alpha value is -2.01. The van der Waals surface area contributed by atoms with E-state index in [9.17, 15) is 4.79 Å². The van der Waals surface area contributed by atoms with E-state index in [0.29, 0.717) is 5.56 Å². The van der Waals surface area contributed by atoms with Gasteiger partial charge >= 0.3 is 0 Å². The van der Waals surface area contributed by atoms with Crippen LogP contribution in [-0.2, 0) is 0 Å². The van der Waals surface area contributed by atoms with Crippen LogP contribution in [0, 0.1) is 0 Å². The first-order valence-electron chi connectivity index (χ1n) is 6.58. The van der Waals surface area contributed by atoms with Crippen LogP contribution in [0.15, 0.2) is 46.9 Å². The number of nitrogens with one attached hydrogen (secondary N) is 1. The van der Waals surface area contributed by atoms with E-state index in [0.717, 1.165) is 21.5 Å². The molecule has 3 rings (SSSR count). The van der Waals surface area contributed by atoms with Gasteiger partial charge in [-0.1, -0.05) is 28.1 Å². The van der Waals surface area contributed by atoms with E-state index in [-0.39, 0.29) is 12.1 Å². The Labute approximate surface area is 131 Å². The number of fused-ring (bicyclic) bond motifs is 1. The number of amides is 1. The van der Waals surface area contributed by atoms with Crippen LogP contribution in [0.2, 0.25) is 0 Å². The Balaban J connectivity index is 2.08. The predicted molar refractivity (Wildman–Crippen MR) is 85.6 cm³/mol. The van der Waals surface area contributed by atoms with Gasteiger partial charge < -0.3 is 15.0 Å². The number of hydrogen-bond acceptors (Lipinski definition) is 3. The molecule has 4 nitrogen and oxygen atoms in total. The molecule has 0 aliphatic carbocycles. The molecule has 1 unspecified atom stereocenters. The summed E-state index contributed by atoms with van der Waals surface area (Å²) < 4.78 is 6.37. The Morgan fingerprint density at radius 2 is 2.00 bits per heavy atom. The summed E-state index contributed by atoms with van der Waals surface area (Å²) in [5.41, 5.74) is 2.44. The number of anilines is 1. The second kappa shape index (κ2) is 5.41. The fraction of sp³-hybridized carbons (Fsp3) is 0.188. The van der Waals surface area contributed by atoms with Crippen molar-refractivity contribution >= 4 is 27.5 Å². The van der Waals surface area contributed by atoms with Gasteiger partial charge in [0.05, 0.1) is 12.7 Å². The lowest BCUT2D eigenvalue weighted by Crippen LogP contribution is -2.40. The van der Waals surface area contributed by atoms with Crippen LogP contribution in [0.5, 0.6) is 5.75 Å². The number of nitrogens with zero attached hydrogens (tertiary/aromatic N) is 1. The summed E-state index contributed by atoms with van der Waals surface area (Å²) in [4.78, 5) is 14.2. The Morgan fingerprint density at radius 1 is 1.24 bits per heavy atom. The minimum Gasteiger partial charge on any atom is -0.496 e. The first-order valence-corrected chi connectivity index (χ1v) is 7.37. The fourth-order valence-electron chi connectivity index (χ4n) is 2.55. The molecule has 0 radical (unpaired) electrons. The van der Waals surface area contributed by atoms with Crippen molar-refractivity contribution in [3.05, 3.63) is 58.1 Å². The Morgan fingerprint density at radius 3 is 2.76 bits per heavy atom. The number of carbonyl (C=O) groups excluding carboxylic acids is 1. The average Bonchev–Trinajstić information content (AvgIpc) is 2.51. The number of carbonyl (C=O) groups is 1. The molecular weight excluding hydrogens is 332 g/mol. The van der Waals surface area contributed by atoms with Gasteiger partial charge in [0.25, 0.3) is 5.91 Å². The van der Waals surface area contributed by atoms with Gasteiger partial charge in [-0.25, -0.2) is 0 Å². The van der Waals surface area contributed by atoms with Crippen LogP contribution < -0.4 is 10.1 Å². The molecule has 0 fully saturated rings. The summed E-state index contributed by atoms with van der Waals surface area (Å²) in [6, 6.07) is 13.3. The number of methoxy groups -OCH3 is 1. The van der Waals surface area contributed by atoms with Gasteiger partial charge in [-0.3, -0.25) is 4.79 Å². The topological polar surface area (TPSA) is 41.6 Å². The van der Waals surface area contributed by atoms with E-state index < -0.39 is 0 Å². The summed E-state index contributed by atoms with van der Waals surface area (Å²) in [5, 5.41) is 3.40. The third-order valence-corrected chi connectivity index (χ3v) is 4.14. The zero-order chi connectivity index (χ0) is 15.0. The molecule has 1 N–H and O–H groups in total. The molecule has 0 spiro atoms. The van der Waals surface area contributed by atoms with Crippen LogP contribution in [0.3, 0.4) is 0 Å². The zero-order valence-corrected chi connectivity index (χ0v) is 13.3. The Bertz CT molecular complexity index is 702. The van der Waals surface area contributed by atoms with Crippen molar-refractivity contribution < 1.29 is 9.53 Å². The number of hydrogen-bond donors (Lipinski definition) is 1. The average molecular weight is 347 g/mol. The van der Waals surface area contributed by atoms with Crippen LogP contribution in [0.1, 0.15) is 22.1 Å². The van der Waals surface area contributed by atoms with E-state index in [1.807, 2.05) is 42.5 Å². The van der Waals surface area contributed by atoms with Crippen molar-refractivity contribution in [1.82, 2.24) is 4.90 Å². The summed E-state index contributed by atoms with van der Waals surface area (Å²) in [6.45, 7) is 0. The molecule has 1 atom stereocenters. The SMILES string of the molecule is COc1ccc(Br)cc1C1Nc2ccccc2C(=O)N1C. The van der Waals surface area contributed by atoms with Crippen LogP contribution in [0.4, 0.5) is 5.69 Å². The van der Waals surface area contributed by atoms with E-state index in [2.05, 4.69) is 21.2 Å². The highest BCUT2D eigenvalue weighted by molar-refractivity contribution is 9.10. The van der Waals surface area contributed by atoms with Crippen molar-refractivity contribution in [2.75, 3.05) is 19.5 Å². The zero-order valence-electron chi connectivity index (χ0n) is 11.8. The first kappa shape index (κ1) is 13.9. The van der Waals surface area contributed by atoms with Crippen molar-refractivity contribution in [3.63, 3.8) is 0 Å². The smallest absolute Gasteiger partial charge is 0.257 e. The highest BCUT2D eigenvalue weighted by atomic mass is 79.9. The van der Waals surface area contributed by atoms with Crippen LogP contribution >= 0.6 is 15.9 Å². The molecule has 0 saturated heterocycles. The summed E-state index contributed by atoms with van der Waals surface area (Å²) in [6.07, 6.45) is -0.264. The lowest BCUT2D eigenvalue weighted by Gasteiger charge is -2.36. The van der Waals surface area contributed by atoms with Gasteiger partial charge in [0.2, 0.25) is 0 Å². The molecule has 0 aromatic heterocycles. The standard InChI is InChI=1S/C16H15BrN2O2/c1-19-15(12-9-10(17)7-8-14(12)21-2)18-13-6-4-3-5-11(13)16(19)20/h3-9,15,18H,1-2H3. The lowest BCUT2D eigenvalue weighted by atomic mass is 10.0. The van der Waals surface area contributed by atoms with E-state index >= 15 is 0 Å². The molecule has 5 heteroatoms. The summed E-state index contributed by atoms with van der Waals surface area (Å²) in [7, 11) is 3.42. The largest absolute Gasteiger partial charge is 0.496 e. The van der Waals surface area contributed by atoms with Gasteiger partial charge in [0.1, 0.15) is 11.9 Å². The normalized spacial score (nSPS) is 17.2. The summed E-state index contributed by atoms with van der Waals surface area (Å²) in [5.74, 6) is 0.742. The van der Waals surface area contributed by atoms with Crippen molar-refractivity contribution in [3.8, 4) is 5.75 Å². The van der Waals surface area contributed by atoms with E-state index in [1.54, 1.807) is 19.1 Å². The third-order valence-electron chi connectivity index (χ3n) is 3.64. The minimum atomic E-state index is -0.264. The molecule has 1 aliphatic rings. The van der Waals surface area contributed by atoms with Crippen LogP contribution in [-0.4, -0.2) is 25.0 Å². The van der Waals surface area contributed by atoms with Crippen molar-refractivity contribution in [2.24, 2.45) is 0 Å². The molecule has 108 valence electrons. The Kier molecular flexibility index (Phi) is 3.59. The van der Waals surface area contributed by atoms with Crippen LogP contribution in [0.25, 0.3) is 0 Å². The maximum atomic E-state index is 12.5. The lowest BCUT2D eigenvalue weighted by molar-refractivity contribution is 0.0734. The molecule has 2 aromatic carbocycles. The quantitative estimate of drug-likeness (QED) is 0.902. The molecule has 21 heavy (non-hydrogen) atoms. The summed E-state index contributed by atoms with van der Waals surface area (Å²) >= 11 is 3.47. The highest BCUT2D eigenvalue weighted by Gasteiger charge is 2.31. The van der Waals surface area contributed by atoms with Gasteiger partial charge in [-0.05, 0) is 30.3 Å². The number of halogens is 1. The molecule has 1 aliphatic heterocycles. The van der Waals surface area contributed by atoms with Gasteiger partial charge in [0, 0.05) is 22.8 Å². The van der Waals surface area contributed by atoms with Crippen molar-refractivity contribution in [2.45, 2.75) is 6.17 Å². The van der Waals surface area contributed by atoms with Gasteiger partial charge in [-0.15, -0.1) is 0 Å². The molecule has 2 aromatic rings. The number of rotatable bonds is 2. The second-order valence-corrected chi connectivity index (χ2v) is 5.81. The molecule has 0 saturated carbocycles. The van der Waals surface area contributed by atoms with Crippen molar-refractivity contribution in [1.29, 1.82) is 0 Å². The van der Waals surface area contributed by atoms with Gasteiger partial charge in [0.15, 0.2) is 0 Å². The maximum Gasteiger partial charge on any atom is 0.257 e. The third kappa shape index (κ3) is 2.38. The van der Waals surface area contributed by atoms with E-state index in [1.165, 1.54) is 0 Å². The van der Waals surface area contributed by atoms with Gasteiger partial charge in [-0.2, -0.15) is 0 Å². The number of ether oxygens (including phenoxy) is 1. The maximum absolute atomic E-state index is 12.5. The number of para-hydroxylation sites is 1. The van der Waals surface area contributed by atoms with E-state index in [4.69, 9.17) is 4.74 Å². The molecular formula is C16H15BrN2O2. The molecule has 1 heterocycles. The monoisotopic (exact) mass is 346 g/mol. The first-order chi connectivity index (χ1) is 10.1. The highest BCUT2D eigenvalue weighted by Crippen LogP contribution is 2.36. The minimum absolute atomic E-state index is 0.00335. The fourth-order valence-corrected chi connectivity index (χ4v) is 2.93. The predicted octanol–water partition coefficient (Wildman–Crippen LogP) is 3.65. The molecule has 1 amide bonds. The molecule has 0 bridgehead atoms. The second-order valence-electron chi connectivity index (χ2n) is 4.89.